The summed E-state index contributed by atoms with van der Waals surface area (Å²) in [4.78, 5) is 34.7. The maximum absolute atomic E-state index is 13.0. The number of nitrogens with zero attached hydrogens (tertiary/aromatic N) is 2. The van der Waals surface area contributed by atoms with Crippen LogP contribution < -0.4 is 10.6 Å². The number of nitrogens with one attached hydrogen (secondary N) is 2. The van der Waals surface area contributed by atoms with E-state index in [9.17, 15) is 9.59 Å². The molecule has 0 bridgehead atoms. The second-order valence-corrected chi connectivity index (χ2v) is 17.8. The molecule has 2 unspecified atom stereocenters. The van der Waals surface area contributed by atoms with Crippen LogP contribution in [0.5, 0.6) is 0 Å². The first-order valence-electron chi connectivity index (χ1n) is 25.8. The fraction of sp³-hybridized carbons (Fsp3) is 0.636. The molecule has 0 saturated heterocycles. The highest BCUT2D eigenvalue weighted by molar-refractivity contribution is 5.85. The maximum Gasteiger partial charge on any atom is 0.411 e. The molecule has 0 radical (unpaired) electrons. The van der Waals surface area contributed by atoms with E-state index in [1.807, 2.05) is 48.5 Å². The Balaban J connectivity index is 1.12. The lowest BCUT2D eigenvalue weighted by molar-refractivity contribution is 0.104. The molecule has 2 amide bonds. The minimum atomic E-state index is -0.406. The van der Waals surface area contributed by atoms with E-state index in [1.165, 1.54) is 77.0 Å². The van der Waals surface area contributed by atoms with Crippen molar-refractivity contribution in [2.75, 3.05) is 36.9 Å². The molecule has 65 heavy (non-hydrogen) atoms. The molecule has 0 saturated carbocycles. The van der Waals surface area contributed by atoms with Gasteiger partial charge in [-0.3, -0.25) is 20.6 Å². The van der Waals surface area contributed by atoms with Crippen LogP contribution >= 0.6 is 0 Å². The zero-order valence-electron chi connectivity index (χ0n) is 40.3. The summed E-state index contributed by atoms with van der Waals surface area (Å²) in [6.07, 6.45) is 37.0. The Morgan fingerprint density at radius 1 is 0.538 bits per heavy atom. The van der Waals surface area contributed by atoms with E-state index < -0.39 is 12.2 Å². The third-order valence-electron chi connectivity index (χ3n) is 12.1. The van der Waals surface area contributed by atoms with Gasteiger partial charge in [-0.05, 0) is 106 Å². The largest absolute Gasteiger partial charge is 0.479 e. The van der Waals surface area contributed by atoms with E-state index in [0.29, 0.717) is 11.4 Å². The molecule has 2 aromatic rings. The number of rotatable bonds is 36. The number of allylic oxidation sites excluding steroid dienone is 2. The topological polar surface area (TPSA) is 120 Å². The van der Waals surface area contributed by atoms with Crippen LogP contribution in [0.2, 0.25) is 0 Å². The van der Waals surface area contributed by atoms with E-state index in [4.69, 9.17) is 18.9 Å². The lowest BCUT2D eigenvalue weighted by Gasteiger charge is -2.17. The Morgan fingerprint density at radius 3 is 1.34 bits per heavy atom. The van der Waals surface area contributed by atoms with Gasteiger partial charge in [-0.25, -0.2) is 9.59 Å². The van der Waals surface area contributed by atoms with Crippen LogP contribution in [0.15, 0.2) is 82.8 Å². The quantitative estimate of drug-likeness (QED) is 0.0519. The molecule has 0 fully saturated rings. The minimum Gasteiger partial charge on any atom is -0.479 e. The van der Waals surface area contributed by atoms with Crippen molar-refractivity contribution in [2.45, 2.75) is 199 Å². The first kappa shape index (κ1) is 53.0. The Bertz CT molecular complexity index is 1560. The molecular weight excluding hydrogens is 813 g/mol. The molecule has 2 aromatic carbocycles. The Morgan fingerprint density at radius 2 is 0.938 bits per heavy atom. The van der Waals surface area contributed by atoms with Gasteiger partial charge in [-0.1, -0.05) is 139 Å². The average molecular weight is 897 g/mol. The number of carbonyl (C=O) groups excluding carboxylic acids is 2. The van der Waals surface area contributed by atoms with Crippen LogP contribution in [0.1, 0.15) is 192 Å². The summed E-state index contributed by atoms with van der Waals surface area (Å²) in [6, 6.07) is 15.8. The third-order valence-corrected chi connectivity index (χ3v) is 12.1. The molecule has 10 heteroatoms. The van der Waals surface area contributed by atoms with Gasteiger partial charge in [0.15, 0.2) is 11.8 Å². The zero-order chi connectivity index (χ0) is 45.8. The molecule has 2 aliphatic heterocycles. The standard InChI is InChI=1S/C55H84N4O6/c1-3-5-7-21-27-50(29-23-17-13-9-11-15-19-25-31-52-56-41-43-62-52)64-54(60)58-48-37-33-46(34-38-48)45-47-35-39-49(40-36-47)59-55(61)65-51(28-22-8-6-4-2)30-24-18-14-10-12-16-20-26-32-53-57-42-44-63-53/h17-18,23-24,33-40,50-51H,3-16,19-22,25-32,41-45H2,1-2H3,(H,58,60)(H,59,61)/b23-17+,24-18+. The summed E-state index contributed by atoms with van der Waals surface area (Å²) >= 11 is 0. The maximum atomic E-state index is 13.0. The fourth-order valence-electron chi connectivity index (χ4n) is 8.22. The lowest BCUT2D eigenvalue weighted by Crippen LogP contribution is -2.22. The average Bonchev–Trinajstić information content (AvgIpc) is 4.04. The van der Waals surface area contributed by atoms with Crippen LogP contribution in [-0.2, 0) is 25.4 Å². The molecular formula is C55H84N4O6. The van der Waals surface area contributed by atoms with Crippen molar-refractivity contribution in [3.63, 3.8) is 0 Å². The predicted octanol–water partition coefficient (Wildman–Crippen LogP) is 15.3. The van der Waals surface area contributed by atoms with E-state index in [0.717, 1.165) is 146 Å². The van der Waals surface area contributed by atoms with Crippen LogP contribution in [0.4, 0.5) is 21.0 Å². The Labute approximate surface area is 392 Å². The number of carbonyl (C=O) groups is 2. The smallest absolute Gasteiger partial charge is 0.411 e. The minimum absolute atomic E-state index is 0.138. The molecule has 360 valence electrons. The second-order valence-electron chi connectivity index (χ2n) is 17.8. The van der Waals surface area contributed by atoms with Crippen molar-refractivity contribution in [3.8, 4) is 0 Å². The Kier molecular flexibility index (Phi) is 28.3. The zero-order valence-corrected chi connectivity index (χ0v) is 40.3. The van der Waals surface area contributed by atoms with Gasteiger partial charge < -0.3 is 18.9 Å². The number of benzene rings is 2. The molecule has 2 atom stereocenters. The van der Waals surface area contributed by atoms with Crippen molar-refractivity contribution < 1.29 is 28.5 Å². The Hall–Kier alpha value is -4.60. The van der Waals surface area contributed by atoms with Crippen molar-refractivity contribution in [1.82, 2.24) is 0 Å². The lowest BCUT2D eigenvalue weighted by atomic mass is 10.0. The molecule has 2 N–H and O–H groups in total. The monoisotopic (exact) mass is 897 g/mol. The van der Waals surface area contributed by atoms with E-state index in [2.05, 4.69) is 58.8 Å². The molecule has 10 nitrogen and oxygen atoms in total. The summed E-state index contributed by atoms with van der Waals surface area (Å²) in [5, 5.41) is 5.89. The number of hydrogen-bond donors (Lipinski definition) is 2. The molecule has 2 heterocycles. The molecule has 0 spiro atoms. The summed E-state index contributed by atoms with van der Waals surface area (Å²) < 4.78 is 22.9. The number of aliphatic imine (C=N–C) groups is 2. The number of amides is 2. The first-order valence-corrected chi connectivity index (χ1v) is 25.8. The van der Waals surface area contributed by atoms with E-state index in [-0.39, 0.29) is 12.2 Å². The van der Waals surface area contributed by atoms with Crippen molar-refractivity contribution >= 4 is 35.4 Å². The number of unbranched alkanes of at least 4 members (excludes halogenated alkanes) is 16. The summed E-state index contributed by atoms with van der Waals surface area (Å²) in [6.45, 7) is 7.57. The van der Waals surface area contributed by atoms with Gasteiger partial charge in [-0.15, -0.1) is 0 Å². The first-order chi connectivity index (χ1) is 32.0. The van der Waals surface area contributed by atoms with Gasteiger partial charge in [0.25, 0.3) is 0 Å². The highest BCUT2D eigenvalue weighted by Crippen LogP contribution is 2.20. The van der Waals surface area contributed by atoms with Crippen LogP contribution in [0.25, 0.3) is 0 Å². The van der Waals surface area contributed by atoms with Crippen LogP contribution in [0.3, 0.4) is 0 Å². The van der Waals surface area contributed by atoms with Gasteiger partial charge in [0, 0.05) is 37.1 Å². The van der Waals surface area contributed by atoms with Crippen molar-refractivity contribution in [2.24, 2.45) is 9.98 Å². The molecule has 0 aromatic heterocycles. The third kappa shape index (κ3) is 25.6. The number of ether oxygens (including phenoxy) is 4. The molecule has 2 aliphatic rings. The van der Waals surface area contributed by atoms with Gasteiger partial charge in [0.2, 0.25) is 0 Å². The van der Waals surface area contributed by atoms with Gasteiger partial charge in [0.05, 0.1) is 13.1 Å². The van der Waals surface area contributed by atoms with Crippen molar-refractivity contribution in [3.05, 3.63) is 84.0 Å². The second kappa shape index (κ2) is 34.7. The van der Waals surface area contributed by atoms with Crippen LogP contribution in [-0.4, -0.2) is 62.5 Å². The van der Waals surface area contributed by atoms with Crippen molar-refractivity contribution in [1.29, 1.82) is 0 Å². The predicted molar refractivity (Wildman–Crippen MR) is 270 cm³/mol. The number of anilines is 2. The molecule has 4 rings (SSSR count). The van der Waals surface area contributed by atoms with Crippen LogP contribution in [0, 0.1) is 0 Å². The summed E-state index contributed by atoms with van der Waals surface area (Å²) in [5.74, 6) is 1.89. The normalized spacial score (nSPS) is 14.5. The highest BCUT2D eigenvalue weighted by Gasteiger charge is 2.16. The summed E-state index contributed by atoms with van der Waals surface area (Å²) in [5.41, 5.74) is 3.67. The SMILES string of the molecule is CCCCCCC(C/C=C/CCCCCCCC1=NCCO1)OC(=O)Nc1ccc(Cc2ccc(NC(=O)OC(C/C=C/CCCCCCCC3=NCCO3)CCCCCC)cc2)cc1. The highest BCUT2D eigenvalue weighted by atomic mass is 16.6. The fourth-order valence-corrected chi connectivity index (χ4v) is 8.22. The molecule has 0 aliphatic carbocycles. The summed E-state index contributed by atoms with van der Waals surface area (Å²) in [7, 11) is 0. The van der Waals surface area contributed by atoms with Gasteiger partial charge in [0.1, 0.15) is 25.4 Å². The van der Waals surface area contributed by atoms with Gasteiger partial charge >= 0.3 is 12.2 Å². The van der Waals surface area contributed by atoms with E-state index in [1.54, 1.807) is 0 Å². The van der Waals surface area contributed by atoms with Gasteiger partial charge in [-0.2, -0.15) is 0 Å². The van der Waals surface area contributed by atoms with E-state index >= 15 is 0 Å². The number of hydrogen-bond acceptors (Lipinski definition) is 8.